The molecule has 0 radical (unpaired) electrons. The van der Waals surface area contributed by atoms with Gasteiger partial charge in [-0.3, -0.25) is 0 Å². The van der Waals surface area contributed by atoms with Crippen molar-refractivity contribution in [3.05, 3.63) is 35.6 Å². The summed E-state index contributed by atoms with van der Waals surface area (Å²) in [7, 11) is 0. The van der Waals surface area contributed by atoms with Crippen LogP contribution in [0.15, 0.2) is 24.3 Å². The van der Waals surface area contributed by atoms with E-state index in [2.05, 4.69) is 11.8 Å². The molecule has 2 nitrogen and oxygen atoms in total. The van der Waals surface area contributed by atoms with Crippen molar-refractivity contribution in [1.82, 2.24) is 4.90 Å². The zero-order valence-electron chi connectivity index (χ0n) is 11.0. The number of piperidine rings is 1. The summed E-state index contributed by atoms with van der Waals surface area (Å²) in [4.78, 5) is 2.39. The van der Waals surface area contributed by atoms with Crippen molar-refractivity contribution < 1.29 is 9.50 Å². The standard InChI is InChI=1S/C15H22FNO/c1-2-8-17-9-6-15(18,7-10-17)12-13-4-3-5-14(16)11-13/h3-5,11,18H,2,6-10,12H2,1H3. The van der Waals surface area contributed by atoms with E-state index in [1.54, 1.807) is 6.07 Å². The van der Waals surface area contributed by atoms with Crippen LogP contribution in [-0.4, -0.2) is 35.2 Å². The van der Waals surface area contributed by atoms with Gasteiger partial charge in [-0.15, -0.1) is 0 Å². The number of aliphatic hydroxyl groups is 1. The largest absolute Gasteiger partial charge is 0.389 e. The SMILES string of the molecule is CCCN1CCC(O)(Cc2cccc(F)c2)CC1. The number of rotatable bonds is 4. The Hall–Kier alpha value is -0.930. The molecule has 18 heavy (non-hydrogen) atoms. The van der Waals surface area contributed by atoms with Gasteiger partial charge in [-0.25, -0.2) is 4.39 Å². The van der Waals surface area contributed by atoms with Crippen LogP contribution in [0.4, 0.5) is 4.39 Å². The third-order valence-electron chi connectivity index (χ3n) is 3.75. The van der Waals surface area contributed by atoms with Crippen molar-refractivity contribution in [2.75, 3.05) is 19.6 Å². The van der Waals surface area contributed by atoms with Gasteiger partial charge in [0.25, 0.3) is 0 Å². The molecule has 0 atom stereocenters. The molecule has 1 aromatic carbocycles. The predicted molar refractivity (Wildman–Crippen MR) is 71.0 cm³/mol. The molecule has 1 aliphatic heterocycles. The van der Waals surface area contributed by atoms with Gasteiger partial charge in [0, 0.05) is 19.5 Å². The molecule has 0 bridgehead atoms. The molecule has 0 amide bonds. The van der Waals surface area contributed by atoms with Crippen LogP contribution in [0.5, 0.6) is 0 Å². The normalized spacial score (nSPS) is 19.9. The number of benzene rings is 1. The summed E-state index contributed by atoms with van der Waals surface area (Å²) in [6.45, 7) is 5.17. The zero-order chi connectivity index (χ0) is 13.0. The molecule has 0 aliphatic carbocycles. The Morgan fingerprint density at radius 2 is 2.06 bits per heavy atom. The molecule has 0 saturated carbocycles. The highest BCUT2D eigenvalue weighted by Crippen LogP contribution is 2.26. The summed E-state index contributed by atoms with van der Waals surface area (Å²) in [6.07, 6.45) is 3.28. The van der Waals surface area contributed by atoms with Crippen LogP contribution in [-0.2, 0) is 6.42 Å². The van der Waals surface area contributed by atoms with Gasteiger partial charge in [0.2, 0.25) is 0 Å². The second-order valence-electron chi connectivity index (χ2n) is 5.37. The Morgan fingerprint density at radius 1 is 1.33 bits per heavy atom. The minimum absolute atomic E-state index is 0.223. The van der Waals surface area contributed by atoms with Crippen molar-refractivity contribution >= 4 is 0 Å². The van der Waals surface area contributed by atoms with Crippen molar-refractivity contribution in [1.29, 1.82) is 0 Å². The summed E-state index contributed by atoms with van der Waals surface area (Å²) in [5.41, 5.74) is 0.235. The quantitative estimate of drug-likeness (QED) is 0.889. The van der Waals surface area contributed by atoms with Crippen LogP contribution >= 0.6 is 0 Å². The van der Waals surface area contributed by atoms with E-state index < -0.39 is 5.60 Å². The molecular formula is C15H22FNO. The van der Waals surface area contributed by atoms with Gasteiger partial charge in [0.05, 0.1) is 5.60 Å². The molecule has 100 valence electrons. The molecule has 1 aromatic rings. The van der Waals surface area contributed by atoms with E-state index >= 15 is 0 Å². The highest BCUT2D eigenvalue weighted by atomic mass is 19.1. The molecule has 1 N–H and O–H groups in total. The lowest BCUT2D eigenvalue weighted by Gasteiger charge is -2.38. The highest BCUT2D eigenvalue weighted by molar-refractivity contribution is 5.18. The topological polar surface area (TPSA) is 23.5 Å². The smallest absolute Gasteiger partial charge is 0.123 e. The average molecular weight is 251 g/mol. The number of hydrogen-bond donors (Lipinski definition) is 1. The first-order valence-electron chi connectivity index (χ1n) is 6.80. The molecule has 0 spiro atoms. The monoisotopic (exact) mass is 251 g/mol. The lowest BCUT2D eigenvalue weighted by atomic mass is 9.85. The van der Waals surface area contributed by atoms with Crippen molar-refractivity contribution in [2.45, 2.75) is 38.2 Å². The van der Waals surface area contributed by atoms with Crippen LogP contribution in [0.1, 0.15) is 31.7 Å². The Bertz CT molecular complexity index is 386. The molecule has 1 fully saturated rings. The fourth-order valence-electron chi connectivity index (χ4n) is 2.71. The summed E-state index contributed by atoms with van der Waals surface area (Å²) >= 11 is 0. The minimum Gasteiger partial charge on any atom is -0.389 e. The molecule has 0 aromatic heterocycles. The maximum Gasteiger partial charge on any atom is 0.123 e. The third-order valence-corrected chi connectivity index (χ3v) is 3.75. The summed E-state index contributed by atoms with van der Waals surface area (Å²) in [5, 5.41) is 10.6. The molecule has 1 aliphatic rings. The molecular weight excluding hydrogens is 229 g/mol. The van der Waals surface area contributed by atoms with Gasteiger partial charge in [-0.2, -0.15) is 0 Å². The number of nitrogens with zero attached hydrogens (tertiary/aromatic N) is 1. The van der Waals surface area contributed by atoms with E-state index in [0.717, 1.165) is 44.5 Å². The fourth-order valence-corrected chi connectivity index (χ4v) is 2.71. The second-order valence-corrected chi connectivity index (χ2v) is 5.37. The number of halogens is 1. The minimum atomic E-state index is -0.655. The molecule has 0 unspecified atom stereocenters. The van der Waals surface area contributed by atoms with E-state index in [-0.39, 0.29) is 5.82 Å². The lowest BCUT2D eigenvalue weighted by molar-refractivity contribution is -0.0205. The maximum absolute atomic E-state index is 13.1. The summed E-state index contributed by atoms with van der Waals surface area (Å²) in [6, 6.07) is 6.56. The highest BCUT2D eigenvalue weighted by Gasteiger charge is 2.32. The first-order valence-corrected chi connectivity index (χ1v) is 6.80. The number of hydrogen-bond acceptors (Lipinski definition) is 2. The van der Waals surface area contributed by atoms with E-state index in [1.165, 1.54) is 12.1 Å². The van der Waals surface area contributed by atoms with Crippen molar-refractivity contribution in [3.63, 3.8) is 0 Å². The maximum atomic E-state index is 13.1. The first kappa shape index (κ1) is 13.5. The fraction of sp³-hybridized carbons (Fsp3) is 0.600. The first-order chi connectivity index (χ1) is 8.61. The Labute approximate surface area is 108 Å². The van der Waals surface area contributed by atoms with Gasteiger partial charge in [-0.05, 0) is 43.5 Å². The van der Waals surface area contributed by atoms with Crippen LogP contribution in [0.3, 0.4) is 0 Å². The van der Waals surface area contributed by atoms with Crippen LogP contribution in [0.2, 0.25) is 0 Å². The summed E-state index contributed by atoms with van der Waals surface area (Å²) < 4.78 is 13.1. The second kappa shape index (κ2) is 5.81. The summed E-state index contributed by atoms with van der Waals surface area (Å²) in [5.74, 6) is -0.223. The Morgan fingerprint density at radius 3 is 2.67 bits per heavy atom. The zero-order valence-corrected chi connectivity index (χ0v) is 11.0. The van der Waals surface area contributed by atoms with Crippen molar-refractivity contribution in [3.8, 4) is 0 Å². The van der Waals surface area contributed by atoms with Gasteiger partial charge < -0.3 is 10.0 Å². The number of likely N-dealkylation sites (tertiary alicyclic amines) is 1. The van der Waals surface area contributed by atoms with Crippen molar-refractivity contribution in [2.24, 2.45) is 0 Å². The van der Waals surface area contributed by atoms with Crippen LogP contribution in [0, 0.1) is 5.82 Å². The molecule has 1 saturated heterocycles. The van der Waals surface area contributed by atoms with Crippen LogP contribution < -0.4 is 0 Å². The average Bonchev–Trinajstić information content (AvgIpc) is 2.32. The molecule has 1 heterocycles. The van der Waals surface area contributed by atoms with Gasteiger partial charge in [0.1, 0.15) is 5.82 Å². The van der Waals surface area contributed by atoms with E-state index in [1.807, 2.05) is 6.07 Å². The lowest BCUT2D eigenvalue weighted by Crippen LogP contribution is -2.45. The Kier molecular flexibility index (Phi) is 4.36. The molecule has 3 heteroatoms. The third kappa shape index (κ3) is 3.53. The van der Waals surface area contributed by atoms with E-state index in [9.17, 15) is 9.50 Å². The van der Waals surface area contributed by atoms with E-state index in [0.29, 0.717) is 6.42 Å². The van der Waals surface area contributed by atoms with Gasteiger partial charge in [-0.1, -0.05) is 19.1 Å². The Balaban J connectivity index is 1.93. The molecule has 2 rings (SSSR count). The van der Waals surface area contributed by atoms with E-state index in [4.69, 9.17) is 0 Å². The van der Waals surface area contributed by atoms with Crippen LogP contribution in [0.25, 0.3) is 0 Å². The van der Waals surface area contributed by atoms with Gasteiger partial charge in [0.15, 0.2) is 0 Å². The van der Waals surface area contributed by atoms with Gasteiger partial charge >= 0.3 is 0 Å². The predicted octanol–water partition coefficient (Wildman–Crippen LogP) is 2.61.